The van der Waals surface area contributed by atoms with E-state index in [9.17, 15) is 18.0 Å². The lowest BCUT2D eigenvalue weighted by Gasteiger charge is -2.39. The molecular weight excluding hydrogens is 694 g/mol. The molecule has 2 aliphatic heterocycles. The average molecular weight is 734 g/mol. The molecule has 2 heterocycles. The second-order valence-electron chi connectivity index (χ2n) is 12.1. The second-order valence-corrected chi connectivity index (χ2v) is 15.1. The van der Waals surface area contributed by atoms with Crippen molar-refractivity contribution < 1.29 is 27.1 Å². The molecule has 3 aromatic rings. The van der Waals surface area contributed by atoms with Crippen LogP contribution in [-0.4, -0.2) is 118 Å². The molecule has 3 amide bonds. The summed E-state index contributed by atoms with van der Waals surface area (Å²) in [6.45, 7) is 3.66. The zero-order chi connectivity index (χ0) is 35.6. The summed E-state index contributed by atoms with van der Waals surface area (Å²) < 4.78 is 48.9. The summed E-state index contributed by atoms with van der Waals surface area (Å²) in [6.07, 6.45) is 0. The third-order valence-electron chi connectivity index (χ3n) is 8.53. The molecule has 0 saturated carbocycles. The maximum atomic E-state index is 15.5. The number of amidine groups is 1. The Hall–Kier alpha value is -3.75. The number of nitrogens with zero attached hydrogens (tertiary/aromatic N) is 6. The van der Waals surface area contributed by atoms with E-state index in [1.807, 2.05) is 29.2 Å². The largest absolute Gasteiger partial charge is 0.493 e. The van der Waals surface area contributed by atoms with Crippen molar-refractivity contribution in [3.05, 3.63) is 93.2 Å². The fourth-order valence-electron chi connectivity index (χ4n) is 5.82. The van der Waals surface area contributed by atoms with Crippen LogP contribution in [0.25, 0.3) is 0 Å². The number of ether oxygens (including phenoxy) is 1. The number of urea groups is 1. The van der Waals surface area contributed by atoms with Gasteiger partial charge < -0.3 is 14.5 Å². The second kappa shape index (κ2) is 15.0. The van der Waals surface area contributed by atoms with Gasteiger partial charge in [-0.05, 0) is 48.4 Å². The first-order valence-corrected chi connectivity index (χ1v) is 17.9. The maximum Gasteiger partial charge on any atom is 0.326 e. The Morgan fingerprint density at radius 1 is 0.918 bits per heavy atom. The van der Waals surface area contributed by atoms with E-state index < -0.39 is 38.9 Å². The summed E-state index contributed by atoms with van der Waals surface area (Å²) >= 11 is 12.5. The van der Waals surface area contributed by atoms with Crippen LogP contribution in [0.1, 0.15) is 35.7 Å². The zero-order valence-corrected chi connectivity index (χ0v) is 30.3. The van der Waals surface area contributed by atoms with Gasteiger partial charge in [0.15, 0.2) is 0 Å². The van der Waals surface area contributed by atoms with Crippen molar-refractivity contribution in [3.8, 4) is 5.75 Å². The number of benzene rings is 3. The van der Waals surface area contributed by atoms with E-state index in [-0.39, 0.29) is 36.2 Å². The number of halogens is 3. The van der Waals surface area contributed by atoms with E-state index in [1.165, 1.54) is 30.0 Å². The number of aliphatic imine (C=N–C) groups is 1. The van der Waals surface area contributed by atoms with Gasteiger partial charge in [0.05, 0.1) is 24.8 Å². The Morgan fingerprint density at radius 2 is 1.49 bits per heavy atom. The molecule has 262 valence electrons. The molecule has 2 aliphatic rings. The molecule has 0 aliphatic carbocycles. The number of amides is 3. The van der Waals surface area contributed by atoms with Crippen LogP contribution >= 0.6 is 23.2 Å². The van der Waals surface area contributed by atoms with Gasteiger partial charge in [0.1, 0.15) is 28.3 Å². The number of carbonyl (C=O) groups is 2. The van der Waals surface area contributed by atoms with E-state index in [1.54, 1.807) is 50.2 Å². The van der Waals surface area contributed by atoms with Crippen molar-refractivity contribution in [2.24, 2.45) is 4.99 Å². The van der Waals surface area contributed by atoms with E-state index in [0.717, 1.165) is 15.9 Å². The Balaban J connectivity index is 1.68. The Kier molecular flexibility index (Phi) is 11.2. The lowest BCUT2D eigenvalue weighted by molar-refractivity contribution is -0.130. The highest BCUT2D eigenvalue weighted by atomic mass is 35.5. The third kappa shape index (κ3) is 7.71. The van der Waals surface area contributed by atoms with E-state index >= 15 is 4.39 Å². The minimum Gasteiger partial charge on any atom is -0.493 e. The number of carbonyl (C=O) groups excluding carboxylic acids is 2. The Labute approximate surface area is 296 Å². The van der Waals surface area contributed by atoms with Crippen LogP contribution in [0.2, 0.25) is 10.0 Å². The van der Waals surface area contributed by atoms with Crippen LogP contribution < -0.4 is 4.74 Å². The summed E-state index contributed by atoms with van der Waals surface area (Å²) in [4.78, 5) is 38.4. The molecule has 2 unspecified atom stereocenters. The fraction of sp³-hybridized carbons (Fsp3) is 0.382. The summed E-state index contributed by atoms with van der Waals surface area (Å²) in [6, 6.07) is 14.6. The van der Waals surface area contributed by atoms with Crippen molar-refractivity contribution in [1.82, 2.24) is 23.9 Å². The molecule has 15 heteroatoms. The summed E-state index contributed by atoms with van der Waals surface area (Å²) in [5.41, 5.74) is 1.60. The molecule has 5 rings (SSSR count). The monoisotopic (exact) mass is 732 g/mol. The molecule has 0 aromatic heterocycles. The summed E-state index contributed by atoms with van der Waals surface area (Å²) in [5, 5.41) is 1.02. The number of hydrogen-bond acceptors (Lipinski definition) is 7. The predicted molar refractivity (Wildman–Crippen MR) is 187 cm³/mol. The molecule has 0 spiro atoms. The highest BCUT2D eigenvalue weighted by molar-refractivity contribution is 7.89. The topological polar surface area (TPSA) is 106 Å². The standard InChI is InChI=1S/C34H39Cl2FN6O5S/c1-6-48-28-20-27(37)29(49(46,47)40(4)5)19-26(28)33-38-31(22-7-11-24(35)12-8-22)32(23-9-13-25(36)14-10-23)43(33)34(45)42-17-15-41(16-18-42)21-30(44)39(2)3/h7-14,19-20,31-32H,6,15-18,21H2,1-5H3. The molecular formula is C34H39Cl2FN6O5S. The van der Waals surface area contributed by atoms with Gasteiger partial charge in [-0.1, -0.05) is 47.5 Å². The first-order valence-electron chi connectivity index (χ1n) is 15.7. The zero-order valence-electron chi connectivity index (χ0n) is 27.9. The lowest BCUT2D eigenvalue weighted by Crippen LogP contribution is -2.55. The van der Waals surface area contributed by atoms with Gasteiger partial charge in [0, 0.05) is 70.5 Å². The number of piperazine rings is 1. The molecule has 3 aromatic carbocycles. The van der Waals surface area contributed by atoms with Crippen LogP contribution in [0.3, 0.4) is 0 Å². The van der Waals surface area contributed by atoms with Crippen molar-refractivity contribution >= 4 is 51.0 Å². The lowest BCUT2D eigenvalue weighted by atomic mass is 9.93. The number of rotatable bonds is 9. The molecule has 11 nitrogen and oxygen atoms in total. The molecule has 2 atom stereocenters. The minimum atomic E-state index is -4.24. The van der Waals surface area contributed by atoms with Gasteiger partial charge >= 0.3 is 6.03 Å². The van der Waals surface area contributed by atoms with E-state index in [0.29, 0.717) is 41.8 Å². The van der Waals surface area contributed by atoms with Crippen molar-refractivity contribution in [3.63, 3.8) is 0 Å². The number of hydrogen-bond donors (Lipinski definition) is 0. The highest BCUT2D eigenvalue weighted by Gasteiger charge is 2.45. The van der Waals surface area contributed by atoms with E-state index in [2.05, 4.69) is 0 Å². The van der Waals surface area contributed by atoms with Gasteiger partial charge in [-0.25, -0.2) is 21.9 Å². The van der Waals surface area contributed by atoms with Gasteiger partial charge in [0.25, 0.3) is 0 Å². The van der Waals surface area contributed by atoms with Crippen LogP contribution in [-0.2, 0) is 14.8 Å². The summed E-state index contributed by atoms with van der Waals surface area (Å²) in [5.74, 6) is -0.878. The Morgan fingerprint density at radius 3 is 2.02 bits per heavy atom. The van der Waals surface area contributed by atoms with Crippen molar-refractivity contribution in [2.45, 2.75) is 23.9 Å². The molecule has 49 heavy (non-hydrogen) atoms. The predicted octanol–water partition coefficient (Wildman–Crippen LogP) is 5.15. The highest BCUT2D eigenvalue weighted by Crippen LogP contribution is 2.46. The molecule has 1 fully saturated rings. The quantitative estimate of drug-likeness (QED) is 0.301. The van der Waals surface area contributed by atoms with Crippen molar-refractivity contribution in [1.29, 1.82) is 0 Å². The van der Waals surface area contributed by atoms with Gasteiger partial charge in [-0.15, -0.1) is 0 Å². The minimum absolute atomic E-state index is 0.0351. The first kappa shape index (κ1) is 36.5. The van der Waals surface area contributed by atoms with Crippen molar-refractivity contribution in [2.75, 3.05) is 67.5 Å². The van der Waals surface area contributed by atoms with E-state index in [4.69, 9.17) is 32.9 Å². The summed E-state index contributed by atoms with van der Waals surface area (Å²) in [7, 11) is 1.78. The number of likely N-dealkylation sites (N-methyl/N-ethyl adjacent to an activating group) is 1. The molecule has 0 N–H and O–H groups in total. The van der Waals surface area contributed by atoms with Gasteiger partial charge in [-0.2, -0.15) is 0 Å². The molecule has 0 radical (unpaired) electrons. The maximum absolute atomic E-state index is 15.5. The average Bonchev–Trinajstić information content (AvgIpc) is 3.45. The van der Waals surface area contributed by atoms with Gasteiger partial charge in [0.2, 0.25) is 15.9 Å². The van der Waals surface area contributed by atoms with Crippen LogP contribution in [0.4, 0.5) is 9.18 Å². The van der Waals surface area contributed by atoms with Gasteiger partial charge in [-0.3, -0.25) is 19.6 Å². The van der Waals surface area contributed by atoms with Crippen LogP contribution in [0.5, 0.6) is 5.75 Å². The number of sulfonamides is 1. The first-order chi connectivity index (χ1) is 23.2. The Bertz CT molecular complexity index is 1830. The molecule has 0 bridgehead atoms. The fourth-order valence-corrected chi connectivity index (χ4v) is 7.03. The third-order valence-corrected chi connectivity index (χ3v) is 10.9. The smallest absolute Gasteiger partial charge is 0.326 e. The van der Waals surface area contributed by atoms with Crippen LogP contribution in [0, 0.1) is 5.82 Å². The molecule has 1 saturated heterocycles. The van der Waals surface area contributed by atoms with Crippen LogP contribution in [0.15, 0.2) is 70.6 Å². The SMILES string of the molecule is CCOc1cc(F)c(S(=O)(=O)N(C)C)cc1C1=NC(c2ccc(Cl)cc2)C(c2ccc(Cl)cc2)N1C(=O)N1CCN(CC(=O)N(C)C)CC1. The normalized spacial score (nSPS) is 18.5.